The van der Waals surface area contributed by atoms with Crippen LogP contribution in [0.5, 0.6) is 0 Å². The Balaban J connectivity index is 2.99. The van der Waals surface area contributed by atoms with Crippen LogP contribution in [0, 0.1) is 6.92 Å². The number of aromatic nitrogens is 1. The minimum atomic E-state index is -0.493. The number of anilines is 1. The van der Waals surface area contributed by atoms with Gasteiger partial charge in [-0.05, 0) is 39.8 Å². The first-order chi connectivity index (χ1) is 7.33. The van der Waals surface area contributed by atoms with Gasteiger partial charge >= 0.3 is 5.97 Å². The van der Waals surface area contributed by atoms with E-state index in [1.54, 1.807) is 19.2 Å². The summed E-state index contributed by atoms with van der Waals surface area (Å²) < 4.78 is 5.29. The van der Waals surface area contributed by atoms with Crippen molar-refractivity contribution in [3.63, 3.8) is 0 Å². The van der Waals surface area contributed by atoms with Gasteiger partial charge in [-0.1, -0.05) is 0 Å². The van der Waals surface area contributed by atoms with Crippen LogP contribution in [0.1, 0.15) is 36.8 Å². The van der Waals surface area contributed by atoms with E-state index in [0.29, 0.717) is 11.4 Å². The van der Waals surface area contributed by atoms with Crippen molar-refractivity contribution in [2.45, 2.75) is 33.3 Å². The van der Waals surface area contributed by atoms with Crippen molar-refractivity contribution < 1.29 is 9.53 Å². The normalized spacial score (nSPS) is 11.1. The SMILES string of the molecule is CNc1nc(C)ccc1C(=O)OC(C)(C)C. The predicted molar refractivity (Wildman–Crippen MR) is 63.7 cm³/mol. The molecule has 0 amide bonds. The number of ether oxygens (including phenoxy) is 1. The number of pyridine rings is 1. The van der Waals surface area contributed by atoms with Gasteiger partial charge in [0, 0.05) is 12.7 Å². The maximum absolute atomic E-state index is 11.8. The molecule has 0 unspecified atom stereocenters. The molecule has 0 aromatic carbocycles. The zero-order chi connectivity index (χ0) is 12.3. The molecule has 88 valence electrons. The predicted octanol–water partition coefficient (Wildman–Crippen LogP) is 2.39. The summed E-state index contributed by atoms with van der Waals surface area (Å²) in [5.41, 5.74) is 0.826. The van der Waals surface area contributed by atoms with E-state index in [0.717, 1.165) is 5.69 Å². The van der Waals surface area contributed by atoms with E-state index in [1.807, 2.05) is 27.7 Å². The molecule has 0 bridgehead atoms. The Hall–Kier alpha value is -1.58. The maximum atomic E-state index is 11.8. The first kappa shape index (κ1) is 12.5. The summed E-state index contributed by atoms with van der Waals surface area (Å²) in [4.78, 5) is 16.1. The molecule has 0 saturated heterocycles. The fourth-order valence-corrected chi connectivity index (χ4v) is 1.25. The molecule has 1 rings (SSSR count). The third-order valence-electron chi connectivity index (χ3n) is 1.89. The molecular formula is C12H18N2O2. The summed E-state index contributed by atoms with van der Waals surface area (Å²) >= 11 is 0. The van der Waals surface area contributed by atoms with E-state index in [9.17, 15) is 4.79 Å². The van der Waals surface area contributed by atoms with Crippen LogP contribution in [0.15, 0.2) is 12.1 Å². The number of nitrogens with zero attached hydrogens (tertiary/aromatic N) is 1. The van der Waals surface area contributed by atoms with Crippen molar-refractivity contribution in [3.05, 3.63) is 23.4 Å². The second-order valence-electron chi connectivity index (χ2n) is 4.60. The summed E-state index contributed by atoms with van der Waals surface area (Å²) in [6.07, 6.45) is 0. The number of rotatable bonds is 2. The third-order valence-corrected chi connectivity index (χ3v) is 1.89. The lowest BCUT2D eigenvalue weighted by Crippen LogP contribution is -2.24. The highest BCUT2D eigenvalue weighted by Gasteiger charge is 2.20. The topological polar surface area (TPSA) is 51.2 Å². The van der Waals surface area contributed by atoms with Gasteiger partial charge < -0.3 is 10.1 Å². The Labute approximate surface area is 96.0 Å². The van der Waals surface area contributed by atoms with Gasteiger partial charge in [0.25, 0.3) is 0 Å². The van der Waals surface area contributed by atoms with E-state index in [-0.39, 0.29) is 5.97 Å². The standard InChI is InChI=1S/C12H18N2O2/c1-8-6-7-9(10(13-5)14-8)11(15)16-12(2,3)4/h6-7H,1-5H3,(H,13,14). The number of hydrogen-bond donors (Lipinski definition) is 1. The minimum Gasteiger partial charge on any atom is -0.456 e. The summed E-state index contributed by atoms with van der Waals surface area (Å²) in [6, 6.07) is 3.52. The average molecular weight is 222 g/mol. The molecule has 0 atom stereocenters. The zero-order valence-electron chi connectivity index (χ0n) is 10.4. The summed E-state index contributed by atoms with van der Waals surface area (Å²) in [5.74, 6) is 0.193. The average Bonchev–Trinajstić information content (AvgIpc) is 2.14. The van der Waals surface area contributed by atoms with Crippen LogP contribution in [-0.2, 0) is 4.74 Å². The quantitative estimate of drug-likeness (QED) is 0.780. The Morgan fingerprint density at radius 1 is 1.38 bits per heavy atom. The van der Waals surface area contributed by atoms with Gasteiger partial charge in [-0.25, -0.2) is 9.78 Å². The van der Waals surface area contributed by atoms with Gasteiger partial charge in [-0.3, -0.25) is 0 Å². The van der Waals surface area contributed by atoms with Crippen molar-refractivity contribution in [2.75, 3.05) is 12.4 Å². The van der Waals surface area contributed by atoms with Crippen LogP contribution < -0.4 is 5.32 Å². The lowest BCUT2D eigenvalue weighted by Gasteiger charge is -2.20. The molecular weight excluding hydrogens is 204 g/mol. The number of carbonyl (C=O) groups excluding carboxylic acids is 1. The van der Waals surface area contributed by atoms with Crippen molar-refractivity contribution in [1.82, 2.24) is 4.98 Å². The molecule has 4 heteroatoms. The van der Waals surface area contributed by atoms with Gasteiger partial charge in [0.1, 0.15) is 17.0 Å². The highest BCUT2D eigenvalue weighted by molar-refractivity contribution is 5.94. The highest BCUT2D eigenvalue weighted by atomic mass is 16.6. The summed E-state index contributed by atoms with van der Waals surface area (Å²) in [6.45, 7) is 7.39. The molecule has 4 nitrogen and oxygen atoms in total. The first-order valence-corrected chi connectivity index (χ1v) is 5.22. The molecule has 16 heavy (non-hydrogen) atoms. The maximum Gasteiger partial charge on any atom is 0.342 e. The van der Waals surface area contributed by atoms with Gasteiger partial charge in [0.2, 0.25) is 0 Å². The molecule has 0 aliphatic carbocycles. The molecule has 1 aromatic heterocycles. The van der Waals surface area contributed by atoms with Crippen molar-refractivity contribution in [2.24, 2.45) is 0 Å². The van der Waals surface area contributed by atoms with Crippen molar-refractivity contribution in [3.8, 4) is 0 Å². The number of nitrogens with one attached hydrogen (secondary N) is 1. The van der Waals surface area contributed by atoms with Gasteiger partial charge in [-0.15, -0.1) is 0 Å². The fourth-order valence-electron chi connectivity index (χ4n) is 1.25. The van der Waals surface area contributed by atoms with Gasteiger partial charge in [0.15, 0.2) is 0 Å². The van der Waals surface area contributed by atoms with Gasteiger partial charge in [0.05, 0.1) is 0 Å². The number of carbonyl (C=O) groups is 1. The molecule has 1 aromatic rings. The van der Waals surface area contributed by atoms with Crippen molar-refractivity contribution in [1.29, 1.82) is 0 Å². The van der Waals surface area contributed by atoms with Crippen LogP contribution >= 0.6 is 0 Å². The lowest BCUT2D eigenvalue weighted by molar-refractivity contribution is 0.00703. The molecule has 0 aliphatic rings. The van der Waals surface area contributed by atoms with E-state index in [2.05, 4.69) is 10.3 Å². The molecule has 0 aliphatic heterocycles. The smallest absolute Gasteiger partial charge is 0.342 e. The van der Waals surface area contributed by atoms with E-state index >= 15 is 0 Å². The monoisotopic (exact) mass is 222 g/mol. The van der Waals surface area contributed by atoms with Crippen LogP contribution in [0.4, 0.5) is 5.82 Å². The van der Waals surface area contributed by atoms with Gasteiger partial charge in [-0.2, -0.15) is 0 Å². The number of esters is 1. The molecule has 0 radical (unpaired) electrons. The highest BCUT2D eigenvalue weighted by Crippen LogP contribution is 2.17. The summed E-state index contributed by atoms with van der Waals surface area (Å²) in [7, 11) is 1.73. The zero-order valence-corrected chi connectivity index (χ0v) is 10.4. The Kier molecular flexibility index (Phi) is 3.52. The molecule has 1 N–H and O–H groups in total. The fraction of sp³-hybridized carbons (Fsp3) is 0.500. The van der Waals surface area contributed by atoms with E-state index in [1.165, 1.54) is 0 Å². The second-order valence-corrected chi connectivity index (χ2v) is 4.60. The first-order valence-electron chi connectivity index (χ1n) is 5.22. The van der Waals surface area contributed by atoms with E-state index < -0.39 is 5.60 Å². The van der Waals surface area contributed by atoms with E-state index in [4.69, 9.17) is 4.74 Å². The molecule has 0 fully saturated rings. The lowest BCUT2D eigenvalue weighted by atomic mass is 10.2. The molecule has 0 saturated carbocycles. The summed E-state index contributed by atoms with van der Waals surface area (Å²) in [5, 5.41) is 2.89. The third kappa shape index (κ3) is 3.22. The molecule has 0 spiro atoms. The second kappa shape index (κ2) is 4.51. The van der Waals surface area contributed by atoms with Crippen LogP contribution in [-0.4, -0.2) is 23.6 Å². The van der Waals surface area contributed by atoms with Crippen LogP contribution in [0.25, 0.3) is 0 Å². The molecule has 1 heterocycles. The largest absolute Gasteiger partial charge is 0.456 e. The Morgan fingerprint density at radius 2 is 2.00 bits per heavy atom. The number of hydrogen-bond acceptors (Lipinski definition) is 4. The minimum absolute atomic E-state index is 0.357. The van der Waals surface area contributed by atoms with Crippen molar-refractivity contribution >= 4 is 11.8 Å². The van der Waals surface area contributed by atoms with Crippen LogP contribution in [0.2, 0.25) is 0 Å². The Bertz CT molecular complexity index is 394. The number of aryl methyl sites for hydroxylation is 1. The van der Waals surface area contributed by atoms with Crippen LogP contribution in [0.3, 0.4) is 0 Å². The Morgan fingerprint density at radius 3 is 2.50 bits per heavy atom.